The van der Waals surface area contributed by atoms with E-state index in [1.54, 1.807) is 0 Å². The Morgan fingerprint density at radius 2 is 2.16 bits per heavy atom. The van der Waals surface area contributed by atoms with Crippen LogP contribution in [0.15, 0.2) is 12.1 Å². The van der Waals surface area contributed by atoms with Crippen LogP contribution in [0.2, 0.25) is 0 Å². The molecule has 0 saturated carbocycles. The second-order valence-electron chi connectivity index (χ2n) is 4.69. The van der Waals surface area contributed by atoms with Gasteiger partial charge in [0.25, 0.3) is 5.69 Å². The monoisotopic (exact) mass is 267 g/mol. The van der Waals surface area contributed by atoms with Crippen molar-refractivity contribution in [3.63, 3.8) is 0 Å². The minimum atomic E-state index is -0.398. The SMILES string of the molecule is CCNC(Cc1nc(OC)ccc1[N+](=O)[O-])C(C)C. The van der Waals surface area contributed by atoms with Crippen LogP contribution in [0, 0.1) is 16.0 Å². The van der Waals surface area contributed by atoms with E-state index in [4.69, 9.17) is 4.74 Å². The zero-order valence-corrected chi connectivity index (χ0v) is 11.8. The van der Waals surface area contributed by atoms with Gasteiger partial charge in [0.1, 0.15) is 5.69 Å². The largest absolute Gasteiger partial charge is 0.481 e. The Morgan fingerprint density at radius 1 is 1.47 bits per heavy atom. The van der Waals surface area contributed by atoms with Gasteiger partial charge in [0.05, 0.1) is 12.0 Å². The summed E-state index contributed by atoms with van der Waals surface area (Å²) in [5.41, 5.74) is 0.508. The zero-order chi connectivity index (χ0) is 14.4. The molecule has 0 radical (unpaired) electrons. The summed E-state index contributed by atoms with van der Waals surface area (Å²) in [6, 6.07) is 3.12. The van der Waals surface area contributed by atoms with E-state index in [9.17, 15) is 10.1 Å². The molecule has 1 atom stereocenters. The van der Waals surface area contributed by atoms with E-state index in [2.05, 4.69) is 24.1 Å². The highest BCUT2D eigenvalue weighted by atomic mass is 16.6. The van der Waals surface area contributed by atoms with Gasteiger partial charge in [-0.3, -0.25) is 10.1 Å². The topological polar surface area (TPSA) is 77.3 Å². The molecule has 1 aromatic heterocycles. The lowest BCUT2D eigenvalue weighted by Gasteiger charge is -2.21. The van der Waals surface area contributed by atoms with Gasteiger partial charge >= 0.3 is 0 Å². The predicted octanol–water partition coefficient (Wildman–Crippen LogP) is 2.17. The molecule has 1 N–H and O–H groups in total. The molecule has 0 aliphatic rings. The van der Waals surface area contributed by atoms with Crippen molar-refractivity contribution in [1.82, 2.24) is 10.3 Å². The lowest BCUT2D eigenvalue weighted by Crippen LogP contribution is -2.36. The van der Waals surface area contributed by atoms with Gasteiger partial charge in [-0.25, -0.2) is 4.98 Å². The van der Waals surface area contributed by atoms with Crippen LogP contribution in [0.25, 0.3) is 0 Å². The molecule has 0 bridgehead atoms. The number of rotatable bonds is 7. The van der Waals surface area contributed by atoms with Crippen molar-refractivity contribution in [3.05, 3.63) is 27.9 Å². The minimum absolute atomic E-state index is 0.0457. The minimum Gasteiger partial charge on any atom is -0.481 e. The molecule has 0 spiro atoms. The van der Waals surface area contributed by atoms with Crippen LogP contribution in [0.3, 0.4) is 0 Å². The quantitative estimate of drug-likeness (QED) is 0.605. The molecule has 0 aliphatic heterocycles. The Morgan fingerprint density at radius 3 is 2.63 bits per heavy atom. The molecule has 6 heteroatoms. The van der Waals surface area contributed by atoms with Crippen LogP contribution in [-0.2, 0) is 6.42 Å². The first-order valence-corrected chi connectivity index (χ1v) is 6.41. The fourth-order valence-corrected chi connectivity index (χ4v) is 1.92. The van der Waals surface area contributed by atoms with Crippen LogP contribution < -0.4 is 10.1 Å². The number of aromatic nitrogens is 1. The molecular weight excluding hydrogens is 246 g/mol. The van der Waals surface area contributed by atoms with Crippen molar-refractivity contribution in [2.24, 2.45) is 5.92 Å². The number of methoxy groups -OCH3 is 1. The summed E-state index contributed by atoms with van der Waals surface area (Å²) in [5, 5.41) is 14.4. The van der Waals surface area contributed by atoms with Gasteiger partial charge in [0.15, 0.2) is 0 Å². The highest BCUT2D eigenvalue weighted by Gasteiger charge is 2.21. The number of hydrogen-bond acceptors (Lipinski definition) is 5. The average Bonchev–Trinajstić information content (AvgIpc) is 2.37. The second-order valence-corrected chi connectivity index (χ2v) is 4.69. The number of hydrogen-bond donors (Lipinski definition) is 1. The van der Waals surface area contributed by atoms with Gasteiger partial charge in [-0.15, -0.1) is 0 Å². The van der Waals surface area contributed by atoms with E-state index in [0.29, 0.717) is 23.9 Å². The van der Waals surface area contributed by atoms with E-state index in [1.807, 2.05) is 6.92 Å². The van der Waals surface area contributed by atoms with E-state index < -0.39 is 4.92 Å². The molecule has 0 aliphatic carbocycles. The molecule has 0 aromatic carbocycles. The van der Waals surface area contributed by atoms with Crippen LogP contribution in [0.1, 0.15) is 26.5 Å². The van der Waals surface area contributed by atoms with E-state index in [-0.39, 0.29) is 11.7 Å². The Hall–Kier alpha value is -1.69. The molecule has 1 unspecified atom stereocenters. The third kappa shape index (κ3) is 4.17. The maximum atomic E-state index is 11.0. The third-order valence-electron chi connectivity index (χ3n) is 3.01. The molecule has 6 nitrogen and oxygen atoms in total. The predicted molar refractivity (Wildman–Crippen MR) is 73.5 cm³/mol. The molecule has 0 saturated heterocycles. The maximum Gasteiger partial charge on any atom is 0.291 e. The van der Waals surface area contributed by atoms with Gasteiger partial charge in [0, 0.05) is 24.6 Å². The first-order valence-electron chi connectivity index (χ1n) is 6.41. The van der Waals surface area contributed by atoms with E-state index in [1.165, 1.54) is 19.2 Å². The van der Waals surface area contributed by atoms with Gasteiger partial charge in [-0.2, -0.15) is 0 Å². The number of nitrogens with zero attached hydrogens (tertiary/aromatic N) is 2. The van der Waals surface area contributed by atoms with E-state index in [0.717, 1.165) is 6.54 Å². The first-order chi connectivity index (χ1) is 8.99. The third-order valence-corrected chi connectivity index (χ3v) is 3.01. The summed E-state index contributed by atoms with van der Waals surface area (Å²) in [6.45, 7) is 7.00. The number of nitro groups is 1. The highest BCUT2D eigenvalue weighted by Crippen LogP contribution is 2.22. The molecular formula is C13H21N3O3. The Labute approximate surface area is 113 Å². The molecule has 1 heterocycles. The number of pyridine rings is 1. The average molecular weight is 267 g/mol. The molecule has 0 fully saturated rings. The Kier molecular flexibility index (Phi) is 5.69. The van der Waals surface area contributed by atoms with Crippen molar-refractivity contribution in [3.8, 4) is 5.88 Å². The van der Waals surface area contributed by atoms with E-state index >= 15 is 0 Å². The summed E-state index contributed by atoms with van der Waals surface area (Å²) in [5.74, 6) is 0.771. The fraction of sp³-hybridized carbons (Fsp3) is 0.615. The standard InChI is InChI=1S/C13H21N3O3/c1-5-14-10(9(2)3)8-11-12(16(17)18)6-7-13(15-11)19-4/h6-7,9-10,14H,5,8H2,1-4H3. The summed E-state index contributed by atoms with van der Waals surface area (Å²) in [6.07, 6.45) is 0.513. The first kappa shape index (κ1) is 15.4. The molecule has 1 rings (SSSR count). The lowest BCUT2D eigenvalue weighted by molar-refractivity contribution is -0.386. The van der Waals surface area contributed by atoms with Crippen molar-refractivity contribution in [2.45, 2.75) is 33.2 Å². The summed E-state index contributed by atoms with van der Waals surface area (Å²) in [4.78, 5) is 14.9. The van der Waals surface area contributed by atoms with Gasteiger partial charge in [-0.05, 0) is 12.5 Å². The van der Waals surface area contributed by atoms with Crippen molar-refractivity contribution >= 4 is 5.69 Å². The van der Waals surface area contributed by atoms with Crippen molar-refractivity contribution < 1.29 is 9.66 Å². The van der Waals surface area contributed by atoms with Crippen molar-refractivity contribution in [1.29, 1.82) is 0 Å². The van der Waals surface area contributed by atoms with Crippen molar-refractivity contribution in [2.75, 3.05) is 13.7 Å². The summed E-state index contributed by atoms with van der Waals surface area (Å²) < 4.78 is 5.04. The summed E-state index contributed by atoms with van der Waals surface area (Å²) in [7, 11) is 1.50. The number of likely N-dealkylation sites (N-methyl/N-ethyl adjacent to an activating group) is 1. The normalized spacial score (nSPS) is 12.5. The van der Waals surface area contributed by atoms with Crippen LogP contribution in [0.4, 0.5) is 5.69 Å². The van der Waals surface area contributed by atoms with Crippen LogP contribution in [0.5, 0.6) is 5.88 Å². The van der Waals surface area contributed by atoms with Crippen LogP contribution >= 0.6 is 0 Å². The molecule has 19 heavy (non-hydrogen) atoms. The molecule has 0 amide bonds. The second kappa shape index (κ2) is 7.04. The fourth-order valence-electron chi connectivity index (χ4n) is 1.92. The molecule has 1 aromatic rings. The van der Waals surface area contributed by atoms with Crippen LogP contribution in [-0.4, -0.2) is 29.6 Å². The Balaban J connectivity index is 3.04. The Bertz CT molecular complexity index is 435. The smallest absolute Gasteiger partial charge is 0.291 e. The number of nitrogens with one attached hydrogen (secondary N) is 1. The summed E-state index contributed by atoms with van der Waals surface area (Å²) >= 11 is 0. The van der Waals surface area contributed by atoms with Gasteiger partial charge in [0.2, 0.25) is 5.88 Å². The number of ether oxygens (including phenoxy) is 1. The maximum absolute atomic E-state index is 11.0. The molecule has 106 valence electrons. The van der Waals surface area contributed by atoms with Gasteiger partial charge < -0.3 is 10.1 Å². The van der Waals surface area contributed by atoms with Gasteiger partial charge in [-0.1, -0.05) is 20.8 Å². The highest BCUT2D eigenvalue weighted by molar-refractivity contribution is 5.38. The lowest BCUT2D eigenvalue weighted by atomic mass is 9.98. The zero-order valence-electron chi connectivity index (χ0n) is 11.8.